The van der Waals surface area contributed by atoms with Gasteiger partial charge in [0.25, 0.3) is 0 Å². The summed E-state index contributed by atoms with van der Waals surface area (Å²) in [5, 5.41) is 4.31. The van der Waals surface area contributed by atoms with Crippen LogP contribution in [0.5, 0.6) is 0 Å². The third-order valence-electron chi connectivity index (χ3n) is 4.16. The van der Waals surface area contributed by atoms with Crippen molar-refractivity contribution in [3.8, 4) is 0 Å². The maximum absolute atomic E-state index is 6.44. The van der Waals surface area contributed by atoms with Gasteiger partial charge in [0, 0.05) is 12.7 Å². The first kappa shape index (κ1) is 11.6. The second kappa shape index (κ2) is 4.21. The predicted molar refractivity (Wildman–Crippen MR) is 66.0 cm³/mol. The summed E-state index contributed by atoms with van der Waals surface area (Å²) < 4.78 is 2.03. The minimum Gasteiger partial charge on any atom is -0.322 e. The lowest BCUT2D eigenvalue weighted by Crippen LogP contribution is -2.31. The van der Waals surface area contributed by atoms with Crippen LogP contribution in [0.4, 0.5) is 0 Å². The monoisotopic (exact) mass is 221 g/mol. The van der Waals surface area contributed by atoms with Gasteiger partial charge in [-0.25, -0.2) is 0 Å². The van der Waals surface area contributed by atoms with Gasteiger partial charge in [-0.3, -0.25) is 4.68 Å². The van der Waals surface area contributed by atoms with E-state index in [9.17, 15) is 0 Å². The van der Waals surface area contributed by atoms with E-state index in [1.165, 1.54) is 25.0 Å². The number of nitrogens with two attached hydrogens (primary N) is 1. The summed E-state index contributed by atoms with van der Waals surface area (Å²) in [6.07, 6.45) is 5.72. The van der Waals surface area contributed by atoms with Crippen LogP contribution in [0.3, 0.4) is 0 Å². The fourth-order valence-electron chi connectivity index (χ4n) is 3.12. The molecule has 1 aromatic rings. The van der Waals surface area contributed by atoms with Crippen LogP contribution in [0.2, 0.25) is 0 Å². The maximum Gasteiger partial charge on any atom is 0.0554 e. The van der Waals surface area contributed by atoms with Gasteiger partial charge in [0.2, 0.25) is 0 Å². The minimum atomic E-state index is 0.139. The van der Waals surface area contributed by atoms with Crippen molar-refractivity contribution in [2.24, 2.45) is 17.1 Å². The van der Waals surface area contributed by atoms with Gasteiger partial charge in [-0.05, 0) is 37.2 Å². The molecule has 3 heteroatoms. The van der Waals surface area contributed by atoms with Gasteiger partial charge in [0.1, 0.15) is 0 Å². The van der Waals surface area contributed by atoms with Crippen molar-refractivity contribution >= 4 is 0 Å². The molecule has 1 aliphatic rings. The molecule has 3 nitrogen and oxygen atoms in total. The standard InChI is InChI=1S/C13H23N3/c1-4-16-11(7-9-15-16)12(14)10-6-5-8-13(10,2)3/h7,9-10,12H,4-6,8,14H2,1-3H3. The van der Waals surface area contributed by atoms with Gasteiger partial charge in [-0.2, -0.15) is 5.10 Å². The lowest BCUT2D eigenvalue weighted by molar-refractivity contribution is 0.216. The molecule has 0 spiro atoms. The zero-order valence-electron chi connectivity index (χ0n) is 10.6. The summed E-state index contributed by atoms with van der Waals surface area (Å²) >= 11 is 0. The van der Waals surface area contributed by atoms with Crippen LogP contribution < -0.4 is 5.73 Å². The SMILES string of the molecule is CCn1nccc1C(N)C1CCCC1(C)C. The largest absolute Gasteiger partial charge is 0.322 e. The summed E-state index contributed by atoms with van der Waals surface area (Å²) in [5.41, 5.74) is 8.01. The molecule has 0 radical (unpaired) electrons. The molecule has 2 atom stereocenters. The van der Waals surface area contributed by atoms with E-state index < -0.39 is 0 Å². The third kappa shape index (κ3) is 1.88. The molecule has 0 amide bonds. The fourth-order valence-corrected chi connectivity index (χ4v) is 3.12. The maximum atomic E-state index is 6.44. The third-order valence-corrected chi connectivity index (χ3v) is 4.16. The quantitative estimate of drug-likeness (QED) is 0.853. The van der Waals surface area contributed by atoms with Crippen molar-refractivity contribution in [2.75, 3.05) is 0 Å². The molecule has 1 fully saturated rings. The number of aryl methyl sites for hydroxylation is 1. The summed E-state index contributed by atoms with van der Waals surface area (Å²) in [6.45, 7) is 7.71. The van der Waals surface area contributed by atoms with Gasteiger partial charge < -0.3 is 5.73 Å². The van der Waals surface area contributed by atoms with Crippen molar-refractivity contribution in [3.63, 3.8) is 0 Å². The molecule has 90 valence electrons. The summed E-state index contributed by atoms with van der Waals surface area (Å²) in [4.78, 5) is 0. The Balaban J connectivity index is 2.22. The lowest BCUT2D eigenvalue weighted by Gasteiger charge is -2.32. The van der Waals surface area contributed by atoms with E-state index in [1.54, 1.807) is 0 Å². The molecule has 0 saturated heterocycles. The molecule has 2 unspecified atom stereocenters. The lowest BCUT2D eigenvalue weighted by atomic mass is 9.77. The highest BCUT2D eigenvalue weighted by atomic mass is 15.3. The Hall–Kier alpha value is -0.830. The van der Waals surface area contributed by atoms with Gasteiger partial charge in [0.05, 0.1) is 11.7 Å². The molecule has 0 bridgehead atoms. The van der Waals surface area contributed by atoms with Crippen LogP contribution in [0, 0.1) is 11.3 Å². The van der Waals surface area contributed by atoms with E-state index in [2.05, 4.69) is 31.9 Å². The average Bonchev–Trinajstić information content (AvgIpc) is 2.82. The van der Waals surface area contributed by atoms with E-state index in [1.807, 2.05) is 10.9 Å². The van der Waals surface area contributed by atoms with Crippen molar-refractivity contribution in [1.29, 1.82) is 0 Å². The Bertz CT molecular complexity index is 354. The van der Waals surface area contributed by atoms with Crippen LogP contribution in [-0.2, 0) is 6.54 Å². The zero-order valence-corrected chi connectivity index (χ0v) is 10.6. The number of hydrogen-bond donors (Lipinski definition) is 1. The highest BCUT2D eigenvalue weighted by molar-refractivity contribution is 5.10. The minimum absolute atomic E-state index is 0.139. The molecule has 1 aliphatic carbocycles. The number of nitrogens with zero attached hydrogens (tertiary/aromatic N) is 2. The number of rotatable bonds is 3. The second-order valence-electron chi connectivity index (χ2n) is 5.58. The highest BCUT2D eigenvalue weighted by Crippen LogP contribution is 2.47. The van der Waals surface area contributed by atoms with E-state index in [0.29, 0.717) is 11.3 Å². The van der Waals surface area contributed by atoms with E-state index >= 15 is 0 Å². The molecule has 1 heterocycles. The first-order chi connectivity index (χ1) is 7.56. The molecule has 1 saturated carbocycles. The Morgan fingerprint density at radius 1 is 1.62 bits per heavy atom. The molecule has 0 aromatic carbocycles. The first-order valence-electron chi connectivity index (χ1n) is 6.33. The zero-order chi connectivity index (χ0) is 11.8. The first-order valence-corrected chi connectivity index (χ1v) is 6.33. The van der Waals surface area contributed by atoms with E-state index in [0.717, 1.165) is 6.54 Å². The Kier molecular flexibility index (Phi) is 3.06. The number of aromatic nitrogens is 2. The molecule has 16 heavy (non-hydrogen) atoms. The van der Waals surface area contributed by atoms with Crippen LogP contribution in [0.15, 0.2) is 12.3 Å². The number of hydrogen-bond acceptors (Lipinski definition) is 2. The highest BCUT2D eigenvalue weighted by Gasteiger charge is 2.39. The van der Waals surface area contributed by atoms with Gasteiger partial charge in [-0.1, -0.05) is 20.3 Å². The van der Waals surface area contributed by atoms with E-state index in [-0.39, 0.29) is 6.04 Å². The predicted octanol–water partition coefficient (Wildman–Crippen LogP) is 2.73. The van der Waals surface area contributed by atoms with Crippen molar-refractivity contribution in [3.05, 3.63) is 18.0 Å². The van der Waals surface area contributed by atoms with Crippen LogP contribution in [-0.4, -0.2) is 9.78 Å². The summed E-state index contributed by atoms with van der Waals surface area (Å²) in [6, 6.07) is 2.21. The Labute approximate surface area is 98.0 Å². The topological polar surface area (TPSA) is 43.8 Å². The Morgan fingerprint density at radius 3 is 2.94 bits per heavy atom. The molecule has 1 aromatic heterocycles. The van der Waals surface area contributed by atoms with Crippen molar-refractivity contribution in [2.45, 2.75) is 52.6 Å². The van der Waals surface area contributed by atoms with Crippen molar-refractivity contribution in [1.82, 2.24) is 9.78 Å². The summed E-state index contributed by atoms with van der Waals surface area (Å²) in [5.74, 6) is 0.592. The van der Waals surface area contributed by atoms with E-state index in [4.69, 9.17) is 5.73 Å². The van der Waals surface area contributed by atoms with Crippen LogP contribution >= 0.6 is 0 Å². The molecule has 2 rings (SSSR count). The van der Waals surface area contributed by atoms with Crippen molar-refractivity contribution < 1.29 is 0 Å². The summed E-state index contributed by atoms with van der Waals surface area (Å²) in [7, 11) is 0. The smallest absolute Gasteiger partial charge is 0.0554 e. The van der Waals surface area contributed by atoms with Gasteiger partial charge in [0.15, 0.2) is 0 Å². The Morgan fingerprint density at radius 2 is 2.38 bits per heavy atom. The molecule has 2 N–H and O–H groups in total. The van der Waals surface area contributed by atoms with Gasteiger partial charge >= 0.3 is 0 Å². The molecule has 0 aliphatic heterocycles. The van der Waals surface area contributed by atoms with Crippen LogP contribution in [0.25, 0.3) is 0 Å². The second-order valence-corrected chi connectivity index (χ2v) is 5.58. The van der Waals surface area contributed by atoms with Gasteiger partial charge in [-0.15, -0.1) is 0 Å². The average molecular weight is 221 g/mol. The normalized spacial score (nSPS) is 25.9. The molecular weight excluding hydrogens is 198 g/mol. The fraction of sp³-hybridized carbons (Fsp3) is 0.769. The molecular formula is C13H23N3. The van der Waals surface area contributed by atoms with Crippen LogP contribution in [0.1, 0.15) is 51.8 Å².